The molecule has 1 heterocycles. The van der Waals surface area contributed by atoms with Crippen LogP contribution in [-0.2, 0) is 4.79 Å². The van der Waals surface area contributed by atoms with Gasteiger partial charge in [0.15, 0.2) is 5.16 Å². The van der Waals surface area contributed by atoms with Crippen LogP contribution in [0.15, 0.2) is 41.6 Å². The molecule has 124 valence electrons. The Morgan fingerprint density at radius 1 is 1.25 bits per heavy atom. The summed E-state index contributed by atoms with van der Waals surface area (Å²) < 4.78 is 27.2. The molecule has 3 rings (SSSR count). The molecule has 0 bridgehead atoms. The minimum atomic E-state index is -0.806. The number of aryl methyl sites for hydroxylation is 1. The second kappa shape index (κ2) is 6.60. The number of nitrogens with zero attached hydrogens (tertiary/aromatic N) is 1. The SMILES string of the molecule is Cc1ccc2nc(SC(C)C(=O)Nc3c(F)cccc3F)[nH]c2c1. The van der Waals surface area contributed by atoms with Gasteiger partial charge in [0.2, 0.25) is 5.91 Å². The number of hydrogen-bond acceptors (Lipinski definition) is 3. The van der Waals surface area contributed by atoms with E-state index in [1.165, 1.54) is 17.8 Å². The van der Waals surface area contributed by atoms with Crippen LogP contribution in [0.4, 0.5) is 14.5 Å². The van der Waals surface area contributed by atoms with Gasteiger partial charge < -0.3 is 10.3 Å². The fourth-order valence-corrected chi connectivity index (χ4v) is 3.04. The molecule has 0 aliphatic carbocycles. The molecule has 4 nitrogen and oxygen atoms in total. The highest BCUT2D eigenvalue weighted by Gasteiger charge is 2.19. The van der Waals surface area contributed by atoms with Crippen molar-refractivity contribution >= 4 is 34.4 Å². The van der Waals surface area contributed by atoms with E-state index in [0.29, 0.717) is 5.16 Å². The van der Waals surface area contributed by atoms with Crippen molar-refractivity contribution in [2.75, 3.05) is 5.32 Å². The summed E-state index contributed by atoms with van der Waals surface area (Å²) in [4.78, 5) is 19.7. The predicted octanol–water partition coefficient (Wildman–Crippen LogP) is 4.27. The van der Waals surface area contributed by atoms with E-state index in [1.54, 1.807) is 6.92 Å². The highest BCUT2D eigenvalue weighted by atomic mass is 32.2. The van der Waals surface area contributed by atoms with Crippen molar-refractivity contribution in [2.24, 2.45) is 0 Å². The molecule has 0 radical (unpaired) electrons. The number of aromatic nitrogens is 2. The van der Waals surface area contributed by atoms with Gasteiger partial charge in [-0.3, -0.25) is 4.79 Å². The van der Waals surface area contributed by atoms with Crippen LogP contribution in [-0.4, -0.2) is 21.1 Å². The molecule has 3 aromatic rings. The predicted molar refractivity (Wildman–Crippen MR) is 91.1 cm³/mol. The number of carbonyl (C=O) groups is 1. The van der Waals surface area contributed by atoms with E-state index in [1.807, 2.05) is 25.1 Å². The first kappa shape index (κ1) is 16.4. The fraction of sp³-hybridized carbons (Fsp3) is 0.176. The highest BCUT2D eigenvalue weighted by Crippen LogP contribution is 2.26. The van der Waals surface area contributed by atoms with Crippen LogP contribution in [0.25, 0.3) is 11.0 Å². The van der Waals surface area contributed by atoms with Crippen molar-refractivity contribution in [2.45, 2.75) is 24.3 Å². The topological polar surface area (TPSA) is 57.8 Å². The maximum atomic E-state index is 13.6. The minimum absolute atomic E-state index is 0.435. The van der Waals surface area contributed by atoms with Crippen LogP contribution in [0.3, 0.4) is 0 Å². The number of rotatable bonds is 4. The number of para-hydroxylation sites is 1. The second-order valence-electron chi connectivity index (χ2n) is 5.41. The molecule has 7 heteroatoms. The lowest BCUT2D eigenvalue weighted by Gasteiger charge is -2.11. The lowest BCUT2D eigenvalue weighted by Crippen LogP contribution is -2.23. The number of nitrogens with one attached hydrogen (secondary N) is 2. The first-order chi connectivity index (χ1) is 11.4. The van der Waals surface area contributed by atoms with Crippen LogP contribution in [0, 0.1) is 18.6 Å². The van der Waals surface area contributed by atoms with E-state index in [2.05, 4.69) is 15.3 Å². The molecule has 0 fully saturated rings. The standard InChI is InChI=1S/C17H15F2N3OS/c1-9-6-7-13-14(8-9)21-17(20-13)24-10(2)16(23)22-15-11(18)4-3-5-12(15)19/h3-8,10H,1-2H3,(H,20,21)(H,22,23). The van der Waals surface area contributed by atoms with Gasteiger partial charge in [0.05, 0.1) is 16.3 Å². The van der Waals surface area contributed by atoms with Gasteiger partial charge >= 0.3 is 0 Å². The largest absolute Gasteiger partial charge is 0.333 e. The van der Waals surface area contributed by atoms with Gasteiger partial charge in [-0.1, -0.05) is 23.9 Å². The third-order valence-electron chi connectivity index (χ3n) is 3.48. The van der Waals surface area contributed by atoms with Crippen LogP contribution >= 0.6 is 11.8 Å². The molecule has 2 N–H and O–H groups in total. The van der Waals surface area contributed by atoms with Crippen molar-refractivity contribution < 1.29 is 13.6 Å². The number of imidazole rings is 1. The van der Waals surface area contributed by atoms with E-state index in [-0.39, 0.29) is 0 Å². The molecule has 1 atom stereocenters. The number of thioether (sulfide) groups is 1. The molecular formula is C17H15F2N3OS. The van der Waals surface area contributed by atoms with Gasteiger partial charge in [-0.2, -0.15) is 0 Å². The normalized spacial score (nSPS) is 12.3. The molecule has 0 spiro atoms. The molecule has 0 aliphatic rings. The Labute approximate surface area is 141 Å². The summed E-state index contributed by atoms with van der Waals surface area (Å²) in [6.45, 7) is 3.63. The molecule has 1 amide bonds. The van der Waals surface area contributed by atoms with Crippen LogP contribution < -0.4 is 5.32 Å². The average molecular weight is 347 g/mol. The Morgan fingerprint density at radius 2 is 1.96 bits per heavy atom. The molecule has 2 aromatic carbocycles. The lowest BCUT2D eigenvalue weighted by atomic mass is 10.2. The summed E-state index contributed by atoms with van der Waals surface area (Å²) in [5, 5.41) is 2.29. The number of fused-ring (bicyclic) bond motifs is 1. The zero-order valence-corrected chi connectivity index (χ0v) is 13.9. The molecule has 0 saturated carbocycles. The molecule has 0 aliphatic heterocycles. The van der Waals surface area contributed by atoms with E-state index < -0.39 is 28.5 Å². The lowest BCUT2D eigenvalue weighted by molar-refractivity contribution is -0.115. The van der Waals surface area contributed by atoms with E-state index in [9.17, 15) is 13.6 Å². The molecule has 24 heavy (non-hydrogen) atoms. The summed E-state index contributed by atoms with van der Waals surface area (Å²) in [5.41, 5.74) is 2.35. The molecule has 1 unspecified atom stereocenters. The number of hydrogen-bond donors (Lipinski definition) is 2. The summed E-state index contributed by atoms with van der Waals surface area (Å²) in [6.07, 6.45) is 0. The quantitative estimate of drug-likeness (QED) is 0.693. The fourth-order valence-electron chi connectivity index (χ4n) is 2.22. The number of carbonyl (C=O) groups excluding carboxylic acids is 1. The summed E-state index contributed by atoms with van der Waals surface area (Å²) in [6, 6.07) is 9.25. The van der Waals surface area contributed by atoms with Crippen LogP contribution in [0.1, 0.15) is 12.5 Å². The Bertz CT molecular complexity index is 890. The first-order valence-corrected chi connectivity index (χ1v) is 8.20. The van der Waals surface area contributed by atoms with Crippen molar-refractivity contribution in [3.63, 3.8) is 0 Å². The Morgan fingerprint density at radius 3 is 2.67 bits per heavy atom. The number of aromatic amines is 1. The van der Waals surface area contributed by atoms with Crippen molar-refractivity contribution in [3.8, 4) is 0 Å². The second-order valence-corrected chi connectivity index (χ2v) is 6.74. The number of benzene rings is 2. The van der Waals surface area contributed by atoms with Gasteiger partial charge in [-0.05, 0) is 43.7 Å². The van der Waals surface area contributed by atoms with Gasteiger partial charge in [-0.25, -0.2) is 13.8 Å². The molecular weight excluding hydrogens is 332 g/mol. The Hall–Kier alpha value is -2.41. The zero-order chi connectivity index (χ0) is 17.3. The van der Waals surface area contributed by atoms with E-state index in [0.717, 1.165) is 28.7 Å². The molecule has 0 saturated heterocycles. The first-order valence-electron chi connectivity index (χ1n) is 7.32. The van der Waals surface area contributed by atoms with Crippen molar-refractivity contribution in [1.29, 1.82) is 0 Å². The third-order valence-corrected chi connectivity index (χ3v) is 4.47. The van der Waals surface area contributed by atoms with E-state index >= 15 is 0 Å². The summed E-state index contributed by atoms with van der Waals surface area (Å²) >= 11 is 1.19. The van der Waals surface area contributed by atoms with Crippen LogP contribution in [0.5, 0.6) is 0 Å². The Kier molecular flexibility index (Phi) is 4.53. The van der Waals surface area contributed by atoms with Gasteiger partial charge in [0.1, 0.15) is 17.3 Å². The third kappa shape index (κ3) is 3.41. The highest BCUT2D eigenvalue weighted by molar-refractivity contribution is 8.00. The van der Waals surface area contributed by atoms with E-state index in [4.69, 9.17) is 0 Å². The molecule has 1 aromatic heterocycles. The number of halogens is 2. The maximum absolute atomic E-state index is 13.6. The van der Waals surface area contributed by atoms with Crippen molar-refractivity contribution in [1.82, 2.24) is 9.97 Å². The minimum Gasteiger partial charge on any atom is -0.333 e. The monoisotopic (exact) mass is 347 g/mol. The smallest absolute Gasteiger partial charge is 0.237 e. The number of anilines is 1. The zero-order valence-electron chi connectivity index (χ0n) is 13.1. The summed E-state index contributed by atoms with van der Waals surface area (Å²) in [5.74, 6) is -2.11. The van der Waals surface area contributed by atoms with Gasteiger partial charge in [-0.15, -0.1) is 0 Å². The average Bonchev–Trinajstić information content (AvgIpc) is 2.92. The maximum Gasteiger partial charge on any atom is 0.237 e. The number of amides is 1. The van der Waals surface area contributed by atoms with Gasteiger partial charge in [0, 0.05) is 0 Å². The number of H-pyrrole nitrogens is 1. The van der Waals surface area contributed by atoms with Gasteiger partial charge in [0.25, 0.3) is 0 Å². The summed E-state index contributed by atoms with van der Waals surface area (Å²) in [7, 11) is 0. The van der Waals surface area contributed by atoms with Crippen molar-refractivity contribution in [3.05, 3.63) is 53.6 Å². The Balaban J connectivity index is 1.73. The van der Waals surface area contributed by atoms with Crippen LogP contribution in [0.2, 0.25) is 0 Å².